The summed E-state index contributed by atoms with van der Waals surface area (Å²) in [6, 6.07) is 26.5. The minimum atomic E-state index is -0.683. The summed E-state index contributed by atoms with van der Waals surface area (Å²) in [6.07, 6.45) is 0. The number of anilines is 1. The third kappa shape index (κ3) is 7.64. The first-order chi connectivity index (χ1) is 19.3. The largest absolute Gasteiger partial charge is 0.483 e. The van der Waals surface area contributed by atoms with Gasteiger partial charge in [-0.15, -0.1) is 0 Å². The number of carbonyl (C=O) groups excluding carboxylic acids is 4. The van der Waals surface area contributed by atoms with Gasteiger partial charge in [0.2, 0.25) is 0 Å². The number of hydrogen-bond donors (Lipinski definition) is 1. The van der Waals surface area contributed by atoms with Gasteiger partial charge >= 0.3 is 11.9 Å². The van der Waals surface area contributed by atoms with Crippen molar-refractivity contribution in [2.24, 2.45) is 0 Å². The van der Waals surface area contributed by atoms with Crippen LogP contribution in [0.5, 0.6) is 11.5 Å². The summed E-state index contributed by atoms with van der Waals surface area (Å²) < 4.78 is 16.0. The topological polar surface area (TPSA) is 108 Å². The zero-order valence-electron chi connectivity index (χ0n) is 22.0. The molecule has 0 saturated carbocycles. The summed E-state index contributed by atoms with van der Waals surface area (Å²) in [4.78, 5) is 49.3. The maximum Gasteiger partial charge on any atom is 0.343 e. The molecule has 0 aliphatic carbocycles. The molecule has 0 radical (unpaired) electrons. The summed E-state index contributed by atoms with van der Waals surface area (Å²) in [7, 11) is 0. The standard InChI is InChI=1S/C32H27NO7/c1-21-7-9-25(10-8-21)32(37)40-27-17-13-23(14-18-27)28(34)19-39-31(36)24-11-15-26(16-12-24)33-30(35)20-38-29-6-4-3-5-22(29)2/h3-18H,19-20H2,1-2H3,(H,33,35). The van der Waals surface area contributed by atoms with Gasteiger partial charge in [-0.25, -0.2) is 9.59 Å². The molecule has 0 spiro atoms. The Balaban J connectivity index is 1.23. The monoisotopic (exact) mass is 537 g/mol. The van der Waals surface area contributed by atoms with E-state index in [0.717, 1.165) is 11.1 Å². The molecule has 0 heterocycles. The molecular formula is C32H27NO7. The van der Waals surface area contributed by atoms with Gasteiger partial charge in [-0.1, -0.05) is 35.9 Å². The minimum Gasteiger partial charge on any atom is -0.483 e. The number of nitrogens with one attached hydrogen (secondary N) is 1. The number of Topliss-reactive ketones (excluding diaryl/α,β-unsaturated/α-hetero) is 1. The molecule has 4 aromatic rings. The highest BCUT2D eigenvalue weighted by Crippen LogP contribution is 2.18. The molecule has 0 aromatic heterocycles. The van der Waals surface area contributed by atoms with Crippen molar-refractivity contribution in [2.45, 2.75) is 13.8 Å². The summed E-state index contributed by atoms with van der Waals surface area (Å²) in [5.74, 6) is -1.04. The second-order valence-electron chi connectivity index (χ2n) is 8.96. The van der Waals surface area contributed by atoms with Gasteiger partial charge in [0.15, 0.2) is 19.0 Å². The minimum absolute atomic E-state index is 0.160. The van der Waals surface area contributed by atoms with E-state index in [1.165, 1.54) is 36.4 Å². The number of amides is 1. The van der Waals surface area contributed by atoms with Crippen LogP contribution in [0.25, 0.3) is 0 Å². The number of ether oxygens (including phenoxy) is 3. The Morgan fingerprint density at radius 3 is 1.93 bits per heavy atom. The normalized spacial score (nSPS) is 10.3. The Morgan fingerprint density at radius 1 is 0.650 bits per heavy atom. The number of benzene rings is 4. The number of rotatable bonds is 10. The number of para-hydroxylation sites is 1. The molecule has 8 heteroatoms. The van der Waals surface area contributed by atoms with Crippen LogP contribution in [0.2, 0.25) is 0 Å². The van der Waals surface area contributed by atoms with Crippen LogP contribution < -0.4 is 14.8 Å². The number of esters is 2. The molecule has 0 aliphatic rings. The van der Waals surface area contributed by atoms with E-state index in [-0.39, 0.29) is 23.8 Å². The lowest BCUT2D eigenvalue weighted by molar-refractivity contribution is -0.118. The lowest BCUT2D eigenvalue weighted by atomic mass is 10.1. The molecule has 1 N–H and O–H groups in total. The van der Waals surface area contributed by atoms with Gasteiger partial charge in [0.1, 0.15) is 11.5 Å². The molecule has 0 saturated heterocycles. The van der Waals surface area contributed by atoms with E-state index in [0.29, 0.717) is 22.6 Å². The van der Waals surface area contributed by atoms with Crippen LogP contribution in [-0.2, 0) is 9.53 Å². The van der Waals surface area contributed by atoms with Gasteiger partial charge in [0, 0.05) is 11.3 Å². The first-order valence-corrected chi connectivity index (χ1v) is 12.5. The lowest BCUT2D eigenvalue weighted by Gasteiger charge is -2.10. The Morgan fingerprint density at radius 2 is 1.25 bits per heavy atom. The number of carbonyl (C=O) groups is 4. The highest BCUT2D eigenvalue weighted by Gasteiger charge is 2.14. The maximum atomic E-state index is 12.5. The molecule has 1 amide bonds. The molecular weight excluding hydrogens is 510 g/mol. The quantitative estimate of drug-likeness (QED) is 0.160. The Kier molecular flexibility index (Phi) is 9.04. The highest BCUT2D eigenvalue weighted by atomic mass is 16.5. The average molecular weight is 538 g/mol. The molecule has 8 nitrogen and oxygen atoms in total. The van der Waals surface area contributed by atoms with Crippen LogP contribution in [0.4, 0.5) is 5.69 Å². The second-order valence-corrected chi connectivity index (χ2v) is 8.96. The van der Waals surface area contributed by atoms with Crippen molar-refractivity contribution in [1.82, 2.24) is 0 Å². The first-order valence-electron chi connectivity index (χ1n) is 12.5. The van der Waals surface area contributed by atoms with Crippen LogP contribution in [0, 0.1) is 13.8 Å². The van der Waals surface area contributed by atoms with E-state index < -0.39 is 24.3 Å². The summed E-state index contributed by atoms with van der Waals surface area (Å²) in [5.41, 5.74) is 3.37. The van der Waals surface area contributed by atoms with Crippen LogP contribution in [0.3, 0.4) is 0 Å². The first kappa shape index (κ1) is 27.8. The molecule has 0 fully saturated rings. The predicted molar refractivity (Wildman–Crippen MR) is 149 cm³/mol. The van der Waals surface area contributed by atoms with Crippen LogP contribution >= 0.6 is 0 Å². The number of ketones is 1. The molecule has 0 bridgehead atoms. The zero-order chi connectivity index (χ0) is 28.5. The lowest BCUT2D eigenvalue weighted by Crippen LogP contribution is -2.20. The zero-order valence-corrected chi connectivity index (χ0v) is 22.0. The van der Waals surface area contributed by atoms with Crippen molar-refractivity contribution < 1.29 is 33.4 Å². The van der Waals surface area contributed by atoms with Gasteiger partial charge in [-0.05, 0) is 86.1 Å². The third-order valence-corrected chi connectivity index (χ3v) is 5.87. The van der Waals surface area contributed by atoms with E-state index in [1.807, 2.05) is 44.2 Å². The Bertz CT molecular complexity index is 1510. The van der Waals surface area contributed by atoms with Crippen LogP contribution in [-0.4, -0.2) is 36.8 Å². The van der Waals surface area contributed by atoms with E-state index in [2.05, 4.69) is 5.32 Å². The molecule has 4 aromatic carbocycles. The maximum absolute atomic E-state index is 12.5. The van der Waals surface area contributed by atoms with Crippen molar-refractivity contribution >= 4 is 29.3 Å². The van der Waals surface area contributed by atoms with Crippen LogP contribution in [0.15, 0.2) is 97.1 Å². The number of hydrogen-bond acceptors (Lipinski definition) is 7. The Hall–Kier alpha value is -5.24. The van der Waals surface area contributed by atoms with E-state index in [1.54, 1.807) is 30.3 Å². The predicted octanol–water partition coefficient (Wildman–Crippen LogP) is 5.58. The van der Waals surface area contributed by atoms with E-state index in [4.69, 9.17) is 14.2 Å². The summed E-state index contributed by atoms with van der Waals surface area (Å²) in [6.45, 7) is 3.19. The fourth-order valence-electron chi connectivity index (χ4n) is 3.61. The van der Waals surface area contributed by atoms with Gasteiger partial charge in [-0.3, -0.25) is 9.59 Å². The molecule has 40 heavy (non-hydrogen) atoms. The van der Waals surface area contributed by atoms with Crippen LogP contribution in [0.1, 0.15) is 42.2 Å². The van der Waals surface area contributed by atoms with Gasteiger partial charge in [0.05, 0.1) is 11.1 Å². The second kappa shape index (κ2) is 13.0. The van der Waals surface area contributed by atoms with Gasteiger partial charge in [-0.2, -0.15) is 0 Å². The molecule has 202 valence electrons. The smallest absolute Gasteiger partial charge is 0.343 e. The van der Waals surface area contributed by atoms with Gasteiger partial charge < -0.3 is 19.5 Å². The van der Waals surface area contributed by atoms with Crippen molar-refractivity contribution in [2.75, 3.05) is 18.5 Å². The summed E-state index contributed by atoms with van der Waals surface area (Å²) >= 11 is 0. The molecule has 4 rings (SSSR count). The van der Waals surface area contributed by atoms with Crippen molar-refractivity contribution in [3.8, 4) is 11.5 Å². The van der Waals surface area contributed by atoms with Crippen molar-refractivity contribution in [3.63, 3.8) is 0 Å². The molecule has 0 aliphatic heterocycles. The average Bonchev–Trinajstić information content (AvgIpc) is 2.96. The third-order valence-electron chi connectivity index (χ3n) is 5.87. The highest BCUT2D eigenvalue weighted by molar-refractivity contribution is 6.00. The molecule has 0 unspecified atom stereocenters. The fraction of sp³-hybridized carbons (Fsp3) is 0.125. The van der Waals surface area contributed by atoms with Gasteiger partial charge in [0.25, 0.3) is 5.91 Å². The van der Waals surface area contributed by atoms with E-state index in [9.17, 15) is 19.2 Å². The van der Waals surface area contributed by atoms with E-state index >= 15 is 0 Å². The van der Waals surface area contributed by atoms with Crippen molar-refractivity contribution in [1.29, 1.82) is 0 Å². The number of aryl methyl sites for hydroxylation is 2. The SMILES string of the molecule is Cc1ccc(C(=O)Oc2ccc(C(=O)COC(=O)c3ccc(NC(=O)COc4ccccc4C)cc3)cc2)cc1. The fourth-order valence-corrected chi connectivity index (χ4v) is 3.61. The van der Waals surface area contributed by atoms with Crippen molar-refractivity contribution in [3.05, 3.63) is 125 Å². The summed E-state index contributed by atoms with van der Waals surface area (Å²) in [5, 5.41) is 2.70. The molecule has 0 atom stereocenters. The Labute approximate surface area is 231 Å².